The number of aliphatic imine (C=N–C) groups is 1. The molecule has 142 valence electrons. The van der Waals surface area contributed by atoms with Crippen molar-refractivity contribution in [2.24, 2.45) is 10.9 Å². The summed E-state index contributed by atoms with van der Waals surface area (Å²) in [6, 6.07) is 9.36. The van der Waals surface area contributed by atoms with Crippen LogP contribution in [0.3, 0.4) is 0 Å². The Hall–Kier alpha value is -2.61. The molecule has 1 aliphatic carbocycles. The molecular weight excluding hydrogens is 386 g/mol. The van der Waals surface area contributed by atoms with Crippen molar-refractivity contribution in [2.45, 2.75) is 32.1 Å². The van der Waals surface area contributed by atoms with Crippen LogP contribution in [-0.4, -0.2) is 43.8 Å². The molecule has 0 saturated carbocycles. The second-order valence-corrected chi connectivity index (χ2v) is 7.67. The lowest BCUT2D eigenvalue weighted by Crippen LogP contribution is -2.25. The number of nitrogens with zero attached hydrogens (tertiary/aromatic N) is 3. The number of rotatable bonds is 7. The smallest absolute Gasteiger partial charge is 0.295 e. The first-order chi connectivity index (χ1) is 13.0. The van der Waals surface area contributed by atoms with E-state index in [1.54, 1.807) is 6.08 Å². The molecule has 0 amide bonds. The highest BCUT2D eigenvalue weighted by Crippen LogP contribution is 2.27. The van der Waals surface area contributed by atoms with E-state index in [9.17, 15) is 22.4 Å². The predicted octanol–water partition coefficient (Wildman–Crippen LogP) is 2.30. The maximum atomic E-state index is 10.7. The monoisotopic (exact) mass is 405 g/mol. The van der Waals surface area contributed by atoms with E-state index in [0.717, 1.165) is 17.0 Å². The second kappa shape index (κ2) is 10.5. The van der Waals surface area contributed by atoms with Crippen molar-refractivity contribution in [3.63, 3.8) is 0 Å². The molecule has 0 bridgehead atoms. The van der Waals surface area contributed by atoms with E-state index < -0.39 is 20.6 Å². The minimum atomic E-state index is -2.23. The molecule has 2 rings (SSSR count). The number of hydrogen-bond acceptors (Lipinski definition) is 5. The van der Waals surface area contributed by atoms with Crippen LogP contribution < -0.4 is 0 Å². The Morgan fingerprint density at radius 1 is 1.07 bits per heavy atom. The summed E-state index contributed by atoms with van der Waals surface area (Å²) >= 11 is 0. The minimum absolute atomic E-state index is 0.168. The fraction of sp³-hybridized carbons (Fsp3) is 0.333. The van der Waals surface area contributed by atoms with Crippen molar-refractivity contribution in [2.75, 3.05) is 0 Å². The van der Waals surface area contributed by atoms with Crippen LogP contribution in [0.5, 0.6) is 0 Å². The molecule has 1 aromatic carbocycles. The third-order valence-electron chi connectivity index (χ3n) is 4.12. The van der Waals surface area contributed by atoms with Crippen LogP contribution in [0.15, 0.2) is 47.0 Å². The highest BCUT2D eigenvalue weighted by Gasteiger charge is 2.30. The summed E-state index contributed by atoms with van der Waals surface area (Å²) in [5.41, 5.74) is 12.2. The first-order valence-corrected chi connectivity index (χ1v) is 10.7. The van der Waals surface area contributed by atoms with Crippen LogP contribution in [-0.2, 0) is 20.6 Å². The van der Waals surface area contributed by atoms with Gasteiger partial charge in [-0.25, -0.2) is 0 Å². The Kier molecular flexibility index (Phi) is 8.06. The highest BCUT2D eigenvalue weighted by molar-refractivity contribution is 7.71. The molecule has 0 aromatic heterocycles. The van der Waals surface area contributed by atoms with Crippen molar-refractivity contribution in [3.8, 4) is 0 Å². The summed E-state index contributed by atoms with van der Waals surface area (Å²) in [6.07, 6.45) is 3.81. The van der Waals surface area contributed by atoms with E-state index in [-0.39, 0.29) is 5.92 Å². The van der Waals surface area contributed by atoms with Crippen molar-refractivity contribution < 1.29 is 21.6 Å². The molecule has 9 heteroatoms. The zero-order valence-corrected chi connectivity index (χ0v) is 16.2. The first kappa shape index (κ1) is 20.7. The molecule has 1 unspecified atom stereocenters. The third-order valence-corrected chi connectivity index (χ3v) is 5.14. The summed E-state index contributed by atoms with van der Waals surface area (Å²) in [7, 11) is -4.45. The number of benzene rings is 1. The summed E-state index contributed by atoms with van der Waals surface area (Å²) in [5.74, 6) is -0.168. The summed E-state index contributed by atoms with van der Waals surface area (Å²) in [4.78, 5) is 8.02. The molecule has 1 atom stereocenters. The summed E-state index contributed by atoms with van der Waals surface area (Å²) in [5, 5.41) is 2.36. The van der Waals surface area contributed by atoms with Crippen LogP contribution >= 0.6 is 0 Å². The fourth-order valence-electron chi connectivity index (χ4n) is 2.88. The maximum Gasteiger partial charge on any atom is 0.295 e. The minimum Gasteiger partial charge on any atom is -0.361 e. The molecule has 1 aromatic rings. The Labute approximate surface area is 160 Å². The normalized spacial score (nSPS) is 17.8. The van der Waals surface area contributed by atoms with Gasteiger partial charge in [-0.2, -0.15) is 21.6 Å². The quantitative estimate of drug-likeness (QED) is 0.393. The zero-order valence-electron chi connectivity index (χ0n) is 14.5. The molecule has 0 heterocycles. The standard InChI is InChI=1S/C18H19N3O4S2/c19-21-18-13-14(6-4-10-26(22)23)17(20-16-8-2-1-3-9-16)12-15(18)7-5-11-27(24)25/h1-3,8-11,13,15H,4-7,12H2. The van der Waals surface area contributed by atoms with Gasteiger partial charge >= 0.3 is 0 Å². The SMILES string of the molecule is [N-]=[N+]=C1C=C(CCC=S(=O)=O)C(=Nc2ccccc2)CC1CCC=S(=O)=O. The van der Waals surface area contributed by atoms with Gasteiger partial charge in [0.1, 0.15) is 0 Å². The first-order valence-electron chi connectivity index (χ1n) is 8.38. The Morgan fingerprint density at radius 2 is 1.74 bits per heavy atom. The lowest BCUT2D eigenvalue weighted by molar-refractivity contribution is -0.0110. The van der Waals surface area contributed by atoms with Gasteiger partial charge in [0, 0.05) is 28.9 Å². The fourth-order valence-corrected chi connectivity index (χ4v) is 3.52. The number of hydrogen-bond donors (Lipinski definition) is 0. The molecule has 0 saturated heterocycles. The number of allylic oxidation sites excluding steroid dienone is 2. The van der Waals surface area contributed by atoms with Crippen LogP contribution in [0, 0.1) is 5.92 Å². The predicted molar refractivity (Wildman–Crippen MR) is 107 cm³/mol. The van der Waals surface area contributed by atoms with E-state index in [1.807, 2.05) is 30.3 Å². The van der Waals surface area contributed by atoms with Crippen molar-refractivity contribution in [1.82, 2.24) is 0 Å². The van der Waals surface area contributed by atoms with E-state index in [0.29, 0.717) is 37.8 Å². The largest absolute Gasteiger partial charge is 0.361 e. The van der Waals surface area contributed by atoms with E-state index in [4.69, 9.17) is 0 Å². The zero-order chi connectivity index (χ0) is 19.6. The molecule has 7 nitrogen and oxygen atoms in total. The maximum absolute atomic E-state index is 10.7. The van der Waals surface area contributed by atoms with Gasteiger partial charge in [-0.3, -0.25) is 4.99 Å². The van der Waals surface area contributed by atoms with Crippen molar-refractivity contribution in [3.05, 3.63) is 47.5 Å². The number of para-hydroxylation sites is 1. The van der Waals surface area contributed by atoms with E-state index in [1.165, 1.54) is 10.7 Å². The molecule has 0 N–H and O–H groups in total. The van der Waals surface area contributed by atoms with Gasteiger partial charge < -0.3 is 5.53 Å². The molecular formula is C18H19N3O4S2. The van der Waals surface area contributed by atoms with Gasteiger partial charge in [-0.05, 0) is 43.4 Å². The van der Waals surface area contributed by atoms with Crippen LogP contribution in [0.4, 0.5) is 5.69 Å². The average molecular weight is 406 g/mol. The summed E-state index contributed by atoms with van der Waals surface area (Å²) < 4.78 is 42.9. The van der Waals surface area contributed by atoms with Crippen LogP contribution in [0.1, 0.15) is 32.1 Å². The Morgan fingerprint density at radius 3 is 2.37 bits per heavy atom. The molecule has 0 aliphatic heterocycles. The van der Waals surface area contributed by atoms with Crippen molar-refractivity contribution >= 4 is 48.4 Å². The molecule has 0 spiro atoms. The lowest BCUT2D eigenvalue weighted by Gasteiger charge is -2.20. The third kappa shape index (κ3) is 6.90. The van der Waals surface area contributed by atoms with Gasteiger partial charge in [0.05, 0.1) is 11.6 Å². The van der Waals surface area contributed by atoms with Crippen molar-refractivity contribution in [1.29, 1.82) is 0 Å². The average Bonchev–Trinajstić information content (AvgIpc) is 2.63. The van der Waals surface area contributed by atoms with Gasteiger partial charge in [0.2, 0.25) is 20.6 Å². The second-order valence-electron chi connectivity index (χ2n) is 5.96. The lowest BCUT2D eigenvalue weighted by atomic mass is 9.82. The van der Waals surface area contributed by atoms with Gasteiger partial charge in [-0.15, -0.1) is 0 Å². The molecule has 0 radical (unpaired) electrons. The Bertz CT molecular complexity index is 1050. The molecule has 1 aliphatic rings. The topological polar surface area (TPSA) is 117 Å². The summed E-state index contributed by atoms with van der Waals surface area (Å²) in [6.45, 7) is 0. The van der Waals surface area contributed by atoms with E-state index >= 15 is 0 Å². The van der Waals surface area contributed by atoms with E-state index in [2.05, 4.69) is 9.78 Å². The Balaban J connectivity index is 2.35. The molecule has 27 heavy (non-hydrogen) atoms. The van der Waals surface area contributed by atoms with Crippen LogP contribution in [0.2, 0.25) is 0 Å². The van der Waals surface area contributed by atoms with Gasteiger partial charge in [-0.1, -0.05) is 18.2 Å². The van der Waals surface area contributed by atoms with Gasteiger partial charge in [0.25, 0.3) is 5.71 Å². The highest BCUT2D eigenvalue weighted by atomic mass is 32.2. The van der Waals surface area contributed by atoms with Gasteiger partial charge in [0.15, 0.2) is 0 Å². The van der Waals surface area contributed by atoms with Crippen LogP contribution in [0.25, 0.3) is 5.53 Å². The molecule has 0 fully saturated rings.